The standard InChI is InChI=1S/C10H12FNO2/c1-12-6-9(13)10(14)7-3-2-4-8(11)5-7/h2-5,9,12-13H,6H2,1H3. The molecule has 0 fully saturated rings. The number of benzene rings is 1. The van der Waals surface area contributed by atoms with Gasteiger partial charge in [-0.15, -0.1) is 0 Å². The van der Waals surface area contributed by atoms with Crippen molar-refractivity contribution in [2.45, 2.75) is 6.10 Å². The van der Waals surface area contributed by atoms with Crippen molar-refractivity contribution in [2.75, 3.05) is 13.6 Å². The zero-order chi connectivity index (χ0) is 10.6. The van der Waals surface area contributed by atoms with Crippen molar-refractivity contribution >= 4 is 5.78 Å². The van der Waals surface area contributed by atoms with Crippen LogP contribution in [0.2, 0.25) is 0 Å². The molecule has 14 heavy (non-hydrogen) atoms. The van der Waals surface area contributed by atoms with Gasteiger partial charge in [0.15, 0.2) is 5.78 Å². The molecule has 0 heterocycles. The zero-order valence-corrected chi connectivity index (χ0v) is 7.83. The first-order chi connectivity index (χ1) is 6.65. The molecule has 0 aliphatic rings. The summed E-state index contributed by atoms with van der Waals surface area (Å²) in [5.41, 5.74) is 0.188. The lowest BCUT2D eigenvalue weighted by Crippen LogP contribution is -2.31. The molecule has 0 spiro atoms. The van der Waals surface area contributed by atoms with Gasteiger partial charge in [0.1, 0.15) is 11.9 Å². The summed E-state index contributed by atoms with van der Waals surface area (Å²) in [5.74, 6) is -0.952. The van der Waals surface area contributed by atoms with Gasteiger partial charge in [-0.2, -0.15) is 0 Å². The lowest BCUT2D eigenvalue weighted by atomic mass is 10.1. The van der Waals surface area contributed by atoms with Crippen molar-refractivity contribution in [3.05, 3.63) is 35.6 Å². The van der Waals surface area contributed by atoms with Gasteiger partial charge in [0.05, 0.1) is 0 Å². The highest BCUT2D eigenvalue weighted by atomic mass is 19.1. The van der Waals surface area contributed by atoms with E-state index < -0.39 is 17.7 Å². The highest BCUT2D eigenvalue weighted by Gasteiger charge is 2.16. The van der Waals surface area contributed by atoms with Crippen LogP contribution >= 0.6 is 0 Å². The molecule has 2 N–H and O–H groups in total. The predicted octanol–water partition coefficient (Wildman–Crippen LogP) is 0.589. The number of Topliss-reactive ketones (excluding diaryl/α,β-unsaturated/α-hetero) is 1. The van der Waals surface area contributed by atoms with Crippen molar-refractivity contribution in [2.24, 2.45) is 0 Å². The molecule has 3 nitrogen and oxygen atoms in total. The number of aliphatic hydroxyl groups is 1. The Balaban J connectivity index is 2.78. The van der Waals surface area contributed by atoms with Crippen molar-refractivity contribution in [3.8, 4) is 0 Å². The van der Waals surface area contributed by atoms with Crippen LogP contribution in [0.15, 0.2) is 24.3 Å². The molecule has 1 aromatic rings. The third-order valence-corrected chi connectivity index (χ3v) is 1.81. The van der Waals surface area contributed by atoms with Gasteiger partial charge in [-0.05, 0) is 19.2 Å². The van der Waals surface area contributed by atoms with E-state index in [-0.39, 0.29) is 12.1 Å². The van der Waals surface area contributed by atoms with Gasteiger partial charge in [0.2, 0.25) is 0 Å². The number of likely N-dealkylation sites (N-methyl/N-ethyl adjacent to an activating group) is 1. The van der Waals surface area contributed by atoms with Gasteiger partial charge < -0.3 is 10.4 Å². The Bertz CT molecular complexity index is 328. The Hall–Kier alpha value is -1.26. The molecular weight excluding hydrogens is 185 g/mol. The highest BCUT2D eigenvalue weighted by Crippen LogP contribution is 2.06. The fourth-order valence-electron chi connectivity index (χ4n) is 1.12. The van der Waals surface area contributed by atoms with Crippen LogP contribution < -0.4 is 5.32 Å². The number of rotatable bonds is 4. The van der Waals surface area contributed by atoms with Gasteiger partial charge >= 0.3 is 0 Å². The Kier molecular flexibility index (Phi) is 3.73. The second kappa shape index (κ2) is 4.83. The fourth-order valence-corrected chi connectivity index (χ4v) is 1.12. The lowest BCUT2D eigenvalue weighted by Gasteiger charge is -2.08. The molecule has 0 saturated heterocycles. The van der Waals surface area contributed by atoms with Crippen molar-refractivity contribution in [3.63, 3.8) is 0 Å². The lowest BCUT2D eigenvalue weighted by molar-refractivity contribution is 0.0750. The first kappa shape index (κ1) is 10.8. The van der Waals surface area contributed by atoms with Crippen LogP contribution in [0.1, 0.15) is 10.4 Å². The molecule has 1 aromatic carbocycles. The first-order valence-electron chi connectivity index (χ1n) is 4.27. The summed E-state index contributed by atoms with van der Waals surface area (Å²) in [6.45, 7) is 0.162. The zero-order valence-electron chi connectivity index (χ0n) is 7.83. The molecule has 0 saturated carbocycles. The number of carbonyl (C=O) groups excluding carboxylic acids is 1. The monoisotopic (exact) mass is 197 g/mol. The van der Waals surface area contributed by atoms with E-state index in [9.17, 15) is 14.3 Å². The number of aliphatic hydroxyl groups excluding tert-OH is 1. The van der Waals surface area contributed by atoms with E-state index >= 15 is 0 Å². The topological polar surface area (TPSA) is 49.3 Å². The third-order valence-electron chi connectivity index (χ3n) is 1.81. The summed E-state index contributed by atoms with van der Waals surface area (Å²) in [7, 11) is 1.63. The molecule has 1 unspecified atom stereocenters. The van der Waals surface area contributed by atoms with Crippen LogP contribution in [-0.4, -0.2) is 30.6 Å². The van der Waals surface area contributed by atoms with Crippen LogP contribution in [0.4, 0.5) is 4.39 Å². The molecule has 0 aliphatic heterocycles. The minimum Gasteiger partial charge on any atom is -0.384 e. The maximum Gasteiger partial charge on any atom is 0.192 e. The molecule has 0 radical (unpaired) electrons. The maximum absolute atomic E-state index is 12.7. The summed E-state index contributed by atoms with van der Waals surface area (Å²) in [6, 6.07) is 5.28. The van der Waals surface area contributed by atoms with Crippen molar-refractivity contribution < 1.29 is 14.3 Å². The van der Waals surface area contributed by atoms with E-state index in [1.54, 1.807) is 7.05 Å². The smallest absolute Gasteiger partial charge is 0.192 e. The quantitative estimate of drug-likeness (QED) is 0.694. The molecule has 0 aromatic heterocycles. The number of hydrogen-bond donors (Lipinski definition) is 2. The number of carbonyl (C=O) groups is 1. The highest BCUT2D eigenvalue weighted by molar-refractivity contribution is 5.99. The average molecular weight is 197 g/mol. The number of nitrogens with one attached hydrogen (secondary N) is 1. The Labute approximate surface area is 81.6 Å². The Morgan fingerprint density at radius 3 is 2.93 bits per heavy atom. The summed E-state index contributed by atoms with van der Waals surface area (Å²) in [4.78, 5) is 11.4. The normalized spacial score (nSPS) is 12.5. The number of halogens is 1. The average Bonchev–Trinajstić information content (AvgIpc) is 2.17. The van der Waals surface area contributed by atoms with Crippen LogP contribution in [-0.2, 0) is 0 Å². The molecule has 76 valence electrons. The van der Waals surface area contributed by atoms with Crippen LogP contribution in [0.3, 0.4) is 0 Å². The Morgan fingerprint density at radius 2 is 2.36 bits per heavy atom. The molecule has 1 atom stereocenters. The van der Waals surface area contributed by atoms with Crippen LogP contribution in [0.5, 0.6) is 0 Å². The van der Waals surface area contributed by atoms with Gasteiger partial charge in [-0.3, -0.25) is 4.79 Å². The summed E-state index contributed by atoms with van der Waals surface area (Å²) >= 11 is 0. The van der Waals surface area contributed by atoms with Gasteiger partial charge in [-0.25, -0.2) is 4.39 Å². The molecule has 0 aliphatic carbocycles. The number of hydrogen-bond acceptors (Lipinski definition) is 3. The van der Waals surface area contributed by atoms with E-state index in [1.165, 1.54) is 18.2 Å². The van der Waals surface area contributed by atoms with E-state index in [1.807, 2.05) is 0 Å². The van der Waals surface area contributed by atoms with E-state index in [4.69, 9.17) is 0 Å². The number of ketones is 1. The first-order valence-corrected chi connectivity index (χ1v) is 4.27. The van der Waals surface area contributed by atoms with Crippen LogP contribution in [0.25, 0.3) is 0 Å². The summed E-state index contributed by atoms with van der Waals surface area (Å²) < 4.78 is 12.7. The van der Waals surface area contributed by atoms with Gasteiger partial charge in [-0.1, -0.05) is 12.1 Å². The maximum atomic E-state index is 12.7. The van der Waals surface area contributed by atoms with Crippen LogP contribution in [0, 0.1) is 5.82 Å². The van der Waals surface area contributed by atoms with Crippen molar-refractivity contribution in [1.29, 1.82) is 0 Å². The SMILES string of the molecule is CNCC(O)C(=O)c1cccc(F)c1. The van der Waals surface area contributed by atoms with Gasteiger partial charge in [0, 0.05) is 12.1 Å². The predicted molar refractivity (Wildman–Crippen MR) is 50.7 cm³/mol. The molecule has 4 heteroatoms. The Morgan fingerprint density at radius 1 is 1.64 bits per heavy atom. The fraction of sp³-hybridized carbons (Fsp3) is 0.300. The van der Waals surface area contributed by atoms with Crippen molar-refractivity contribution in [1.82, 2.24) is 5.32 Å². The third kappa shape index (κ3) is 2.61. The second-order valence-corrected chi connectivity index (χ2v) is 2.95. The van der Waals surface area contributed by atoms with E-state index in [0.29, 0.717) is 0 Å². The molecule has 1 rings (SSSR count). The summed E-state index contributed by atoms with van der Waals surface area (Å²) in [6.07, 6.45) is -1.12. The molecule has 0 bridgehead atoms. The largest absolute Gasteiger partial charge is 0.384 e. The van der Waals surface area contributed by atoms with E-state index in [2.05, 4.69) is 5.32 Å². The molecular formula is C10H12FNO2. The minimum absolute atomic E-state index is 0.162. The molecule has 0 amide bonds. The summed E-state index contributed by atoms with van der Waals surface area (Å²) in [5, 5.41) is 12.0. The minimum atomic E-state index is -1.12. The second-order valence-electron chi connectivity index (χ2n) is 2.95. The van der Waals surface area contributed by atoms with Gasteiger partial charge in [0.25, 0.3) is 0 Å². The van der Waals surface area contributed by atoms with E-state index in [0.717, 1.165) is 6.07 Å².